The van der Waals surface area contributed by atoms with E-state index in [0.717, 1.165) is 23.4 Å². The van der Waals surface area contributed by atoms with E-state index in [1.807, 2.05) is 23.9 Å². The Hall–Kier alpha value is -2.19. The fourth-order valence-corrected chi connectivity index (χ4v) is 4.27. The smallest absolute Gasteiger partial charge is 0.240 e. The van der Waals surface area contributed by atoms with Crippen molar-refractivity contribution in [3.8, 4) is 11.4 Å². The number of rotatable bonds is 6. The van der Waals surface area contributed by atoms with Crippen LogP contribution in [0.25, 0.3) is 22.4 Å². The molecule has 0 atom stereocenters. The maximum atomic E-state index is 12.5. The molecule has 1 N–H and O–H groups in total. The highest BCUT2D eigenvalue weighted by molar-refractivity contribution is 7.89. The Balaban J connectivity index is 2.17. The molecule has 8 heteroatoms. The fraction of sp³-hybridized carbons (Fsp3) is 0.444. The van der Waals surface area contributed by atoms with Gasteiger partial charge in [0.1, 0.15) is 5.82 Å². The largest absolute Gasteiger partial charge is 0.321 e. The summed E-state index contributed by atoms with van der Waals surface area (Å²) in [7, 11) is -3.56. The monoisotopic (exact) mass is 375 g/mol. The number of benzene rings is 1. The first kappa shape index (κ1) is 18.6. The molecular formula is C18H25N5O2S. The lowest BCUT2D eigenvalue weighted by atomic mass is 10.2. The summed E-state index contributed by atoms with van der Waals surface area (Å²) in [6.45, 7) is 10.6. The number of aryl methyl sites for hydroxylation is 1. The van der Waals surface area contributed by atoms with Crippen molar-refractivity contribution < 1.29 is 8.42 Å². The van der Waals surface area contributed by atoms with E-state index in [4.69, 9.17) is 4.98 Å². The van der Waals surface area contributed by atoms with Gasteiger partial charge in [-0.1, -0.05) is 0 Å². The van der Waals surface area contributed by atoms with Crippen molar-refractivity contribution in [2.75, 3.05) is 0 Å². The van der Waals surface area contributed by atoms with E-state index in [-0.39, 0.29) is 17.0 Å². The first-order valence-corrected chi connectivity index (χ1v) is 10.3. The molecule has 2 heterocycles. The molecule has 0 spiro atoms. The number of sulfonamides is 1. The van der Waals surface area contributed by atoms with Gasteiger partial charge in [0.2, 0.25) is 10.0 Å². The number of imidazole rings is 1. The molecule has 0 saturated heterocycles. The van der Waals surface area contributed by atoms with Gasteiger partial charge in [-0.2, -0.15) is 5.10 Å². The van der Waals surface area contributed by atoms with Crippen LogP contribution in [0.4, 0.5) is 0 Å². The predicted octanol–water partition coefficient (Wildman–Crippen LogP) is 3.19. The maximum absolute atomic E-state index is 12.5. The Labute approximate surface area is 154 Å². The van der Waals surface area contributed by atoms with E-state index < -0.39 is 10.0 Å². The summed E-state index contributed by atoms with van der Waals surface area (Å²) in [5.74, 6) is 0.793. The van der Waals surface area contributed by atoms with Crippen LogP contribution in [-0.2, 0) is 16.6 Å². The molecule has 0 fully saturated rings. The van der Waals surface area contributed by atoms with Gasteiger partial charge < -0.3 is 4.57 Å². The van der Waals surface area contributed by atoms with Crippen molar-refractivity contribution in [1.29, 1.82) is 0 Å². The Morgan fingerprint density at radius 1 is 1.19 bits per heavy atom. The molecule has 7 nitrogen and oxygen atoms in total. The molecule has 0 saturated carbocycles. The van der Waals surface area contributed by atoms with Crippen LogP contribution in [0.15, 0.2) is 35.5 Å². The second kappa shape index (κ2) is 6.85. The lowest BCUT2D eigenvalue weighted by Crippen LogP contribution is -2.30. The molecular weight excluding hydrogens is 350 g/mol. The molecule has 0 bridgehead atoms. The summed E-state index contributed by atoms with van der Waals surface area (Å²) in [6, 6.07) is 5.10. The average molecular weight is 375 g/mol. The first-order valence-electron chi connectivity index (χ1n) is 8.80. The van der Waals surface area contributed by atoms with E-state index in [2.05, 4.69) is 28.2 Å². The summed E-state index contributed by atoms with van der Waals surface area (Å²) >= 11 is 0. The minimum Gasteiger partial charge on any atom is -0.321 e. The fourth-order valence-electron chi connectivity index (χ4n) is 3.00. The van der Waals surface area contributed by atoms with Crippen LogP contribution in [0.3, 0.4) is 0 Å². The van der Waals surface area contributed by atoms with Crippen LogP contribution in [0, 0.1) is 0 Å². The molecule has 140 valence electrons. The van der Waals surface area contributed by atoms with E-state index >= 15 is 0 Å². The molecule has 0 aliphatic carbocycles. The van der Waals surface area contributed by atoms with Crippen molar-refractivity contribution >= 4 is 21.1 Å². The Morgan fingerprint density at radius 3 is 2.50 bits per heavy atom. The van der Waals surface area contributed by atoms with Gasteiger partial charge in [-0.3, -0.25) is 4.68 Å². The number of nitrogens with zero attached hydrogens (tertiary/aromatic N) is 4. The van der Waals surface area contributed by atoms with Gasteiger partial charge in [0.05, 0.1) is 27.7 Å². The second-order valence-electron chi connectivity index (χ2n) is 6.91. The van der Waals surface area contributed by atoms with Gasteiger partial charge in [0, 0.05) is 24.8 Å². The highest BCUT2D eigenvalue weighted by Gasteiger charge is 2.20. The third-order valence-corrected chi connectivity index (χ3v) is 5.75. The van der Waals surface area contributed by atoms with Crippen LogP contribution in [0.5, 0.6) is 0 Å². The number of aromatic nitrogens is 4. The third kappa shape index (κ3) is 3.39. The Morgan fingerprint density at radius 2 is 1.92 bits per heavy atom. The zero-order valence-electron chi connectivity index (χ0n) is 15.8. The highest BCUT2D eigenvalue weighted by Crippen LogP contribution is 2.29. The molecule has 3 aromatic rings. The van der Waals surface area contributed by atoms with Crippen LogP contribution >= 0.6 is 0 Å². The van der Waals surface area contributed by atoms with Crippen LogP contribution in [0.1, 0.15) is 40.7 Å². The van der Waals surface area contributed by atoms with Crippen molar-refractivity contribution in [2.45, 2.75) is 58.1 Å². The number of fused-ring (bicyclic) bond motifs is 1. The molecule has 0 aliphatic heterocycles. The van der Waals surface area contributed by atoms with Gasteiger partial charge in [-0.15, -0.1) is 0 Å². The summed E-state index contributed by atoms with van der Waals surface area (Å²) in [5.41, 5.74) is 2.48. The number of hydrogen-bond donors (Lipinski definition) is 1. The molecule has 3 rings (SSSR count). The topological polar surface area (TPSA) is 81.8 Å². The van der Waals surface area contributed by atoms with Crippen molar-refractivity contribution in [3.63, 3.8) is 0 Å². The minimum absolute atomic E-state index is 0.167. The Bertz CT molecular complexity index is 1030. The average Bonchev–Trinajstić information content (AvgIpc) is 3.16. The normalized spacial score (nSPS) is 12.6. The number of nitrogens with one attached hydrogen (secondary N) is 1. The second-order valence-corrected chi connectivity index (χ2v) is 8.62. The zero-order valence-corrected chi connectivity index (χ0v) is 16.6. The SMILES string of the molecule is CCn1cc(-c2nc3cc(S(=O)(=O)NC(C)C)ccc3n2C(C)C)cn1. The summed E-state index contributed by atoms with van der Waals surface area (Å²) in [5, 5.41) is 4.33. The summed E-state index contributed by atoms with van der Waals surface area (Å²) < 4.78 is 31.5. The van der Waals surface area contributed by atoms with Crippen molar-refractivity contribution in [1.82, 2.24) is 24.1 Å². The molecule has 0 radical (unpaired) electrons. The van der Waals surface area contributed by atoms with E-state index in [9.17, 15) is 8.42 Å². The molecule has 0 unspecified atom stereocenters. The first-order chi connectivity index (χ1) is 12.2. The van der Waals surface area contributed by atoms with Gasteiger partial charge in [0.15, 0.2) is 0 Å². The molecule has 1 aromatic carbocycles. The van der Waals surface area contributed by atoms with Crippen LogP contribution in [0.2, 0.25) is 0 Å². The Kier molecular flexibility index (Phi) is 4.90. The van der Waals surface area contributed by atoms with Crippen molar-refractivity contribution in [2.24, 2.45) is 0 Å². The van der Waals surface area contributed by atoms with E-state index in [1.165, 1.54) is 0 Å². The zero-order chi connectivity index (χ0) is 19.1. The van der Waals surface area contributed by atoms with E-state index in [0.29, 0.717) is 5.52 Å². The molecule has 26 heavy (non-hydrogen) atoms. The van der Waals surface area contributed by atoms with Crippen LogP contribution < -0.4 is 4.72 Å². The van der Waals surface area contributed by atoms with Gasteiger partial charge in [0.25, 0.3) is 0 Å². The molecule has 2 aromatic heterocycles. The highest BCUT2D eigenvalue weighted by atomic mass is 32.2. The lowest BCUT2D eigenvalue weighted by Gasteiger charge is -2.12. The van der Waals surface area contributed by atoms with Gasteiger partial charge in [-0.05, 0) is 52.8 Å². The summed E-state index contributed by atoms with van der Waals surface area (Å²) in [6.07, 6.45) is 3.75. The maximum Gasteiger partial charge on any atom is 0.240 e. The molecule has 0 aliphatic rings. The van der Waals surface area contributed by atoms with Crippen LogP contribution in [-0.4, -0.2) is 33.8 Å². The standard InChI is InChI=1S/C18H25N5O2S/c1-6-22-11-14(10-19-22)18-20-16-9-15(26(24,25)21-12(2)3)7-8-17(16)23(18)13(4)5/h7-13,21H,6H2,1-5H3. The molecule has 0 amide bonds. The number of hydrogen-bond acceptors (Lipinski definition) is 4. The third-order valence-electron chi connectivity index (χ3n) is 4.09. The van der Waals surface area contributed by atoms with Gasteiger partial charge in [-0.25, -0.2) is 18.1 Å². The van der Waals surface area contributed by atoms with Crippen molar-refractivity contribution in [3.05, 3.63) is 30.6 Å². The minimum atomic E-state index is -3.56. The quantitative estimate of drug-likeness (QED) is 0.717. The predicted molar refractivity (Wildman–Crippen MR) is 102 cm³/mol. The summed E-state index contributed by atoms with van der Waals surface area (Å²) in [4.78, 5) is 4.95. The van der Waals surface area contributed by atoms with Gasteiger partial charge >= 0.3 is 0 Å². The lowest BCUT2D eigenvalue weighted by molar-refractivity contribution is 0.570. The van der Waals surface area contributed by atoms with E-state index in [1.54, 1.807) is 32.2 Å².